The minimum absolute atomic E-state index is 0.0200. The van der Waals surface area contributed by atoms with Crippen molar-refractivity contribution in [2.45, 2.75) is 57.0 Å². The fraction of sp³-hybridized carbons (Fsp3) is 0.600. The van der Waals surface area contributed by atoms with E-state index in [4.69, 9.17) is 22.1 Å². The lowest BCUT2D eigenvalue weighted by Crippen LogP contribution is -2.41. The minimum atomic E-state index is -0.242. The zero-order chi connectivity index (χ0) is 23.9. The molecule has 1 saturated heterocycles. The molecule has 7 nitrogen and oxygen atoms in total. The van der Waals surface area contributed by atoms with Crippen LogP contribution in [0.1, 0.15) is 51.0 Å². The number of nitrogens with one attached hydrogen (secondary N) is 1. The first-order chi connectivity index (χ1) is 16.6. The van der Waals surface area contributed by atoms with Crippen LogP contribution in [0.3, 0.4) is 0 Å². The van der Waals surface area contributed by atoms with E-state index >= 15 is 0 Å². The molecule has 4 rings (SSSR count). The van der Waals surface area contributed by atoms with Gasteiger partial charge < -0.3 is 20.7 Å². The van der Waals surface area contributed by atoms with Crippen molar-refractivity contribution in [3.8, 4) is 0 Å². The summed E-state index contributed by atoms with van der Waals surface area (Å²) < 4.78 is 20.5. The Morgan fingerprint density at radius 3 is 2.65 bits per heavy atom. The van der Waals surface area contributed by atoms with Crippen molar-refractivity contribution in [3.63, 3.8) is 0 Å². The molecule has 1 saturated carbocycles. The first-order valence-corrected chi connectivity index (χ1v) is 12.8. The van der Waals surface area contributed by atoms with Crippen LogP contribution in [0.2, 0.25) is 5.02 Å². The molecule has 2 aliphatic rings. The quantitative estimate of drug-likeness (QED) is 0.546. The van der Waals surface area contributed by atoms with Crippen molar-refractivity contribution in [1.29, 1.82) is 0 Å². The highest BCUT2D eigenvalue weighted by Gasteiger charge is 2.28. The summed E-state index contributed by atoms with van der Waals surface area (Å²) in [5.41, 5.74) is 7.11. The molecule has 0 bridgehead atoms. The second-order valence-corrected chi connectivity index (χ2v) is 9.74. The highest BCUT2D eigenvalue weighted by molar-refractivity contribution is 6.32. The Bertz CT molecular complexity index is 972. The lowest BCUT2D eigenvalue weighted by atomic mass is 9.89. The molecular formula is C25H35ClFN5O2. The van der Waals surface area contributed by atoms with Crippen LogP contribution in [0.4, 0.5) is 15.8 Å². The number of rotatable bonds is 9. The standard InChI is InChI=1S/C25H35ClFN5O2/c26-24-23(29-15-18-3-1-14-34-17-18)16-30-32(25(24)33)22-10-8-21(9-11-22)31(13-2-12-28)20-6-4-19(27)5-7-20/h4-7,16,18,21-22,29H,1-3,8-15,17,28H2/t18-,21?,22?/m1/s1. The third kappa shape index (κ3) is 6.09. The van der Waals surface area contributed by atoms with Crippen molar-refractivity contribution in [2.24, 2.45) is 11.7 Å². The van der Waals surface area contributed by atoms with E-state index in [-0.39, 0.29) is 22.4 Å². The average molecular weight is 492 g/mol. The molecule has 1 aliphatic heterocycles. The number of hydrogen-bond donors (Lipinski definition) is 2. The van der Waals surface area contributed by atoms with Gasteiger partial charge in [-0.05, 0) is 81.7 Å². The van der Waals surface area contributed by atoms with Gasteiger partial charge >= 0.3 is 0 Å². The summed E-state index contributed by atoms with van der Waals surface area (Å²) in [4.78, 5) is 15.3. The number of halogens is 2. The molecule has 0 spiro atoms. The van der Waals surface area contributed by atoms with E-state index in [0.29, 0.717) is 24.2 Å². The molecule has 186 valence electrons. The van der Waals surface area contributed by atoms with E-state index in [9.17, 15) is 9.18 Å². The van der Waals surface area contributed by atoms with Gasteiger partial charge in [0.25, 0.3) is 5.56 Å². The summed E-state index contributed by atoms with van der Waals surface area (Å²) in [5, 5.41) is 7.95. The van der Waals surface area contributed by atoms with Crippen molar-refractivity contribution in [3.05, 3.63) is 51.7 Å². The molecule has 1 atom stereocenters. The highest BCUT2D eigenvalue weighted by atomic mass is 35.5. The SMILES string of the molecule is NCCCN(c1ccc(F)cc1)C1CCC(n2ncc(NC[C@H]3CCCOC3)c(Cl)c2=O)CC1. The van der Waals surface area contributed by atoms with Crippen LogP contribution in [0.15, 0.2) is 35.3 Å². The second kappa shape index (κ2) is 12.0. The topological polar surface area (TPSA) is 85.4 Å². The van der Waals surface area contributed by atoms with Crippen molar-refractivity contribution >= 4 is 23.0 Å². The van der Waals surface area contributed by atoms with Crippen molar-refractivity contribution in [1.82, 2.24) is 9.78 Å². The normalized spacial score (nSPS) is 23.0. The van der Waals surface area contributed by atoms with Gasteiger partial charge in [0.1, 0.15) is 10.8 Å². The summed E-state index contributed by atoms with van der Waals surface area (Å²) in [6, 6.07) is 6.99. The van der Waals surface area contributed by atoms with Gasteiger partial charge in [0.05, 0.1) is 24.5 Å². The molecular weight excluding hydrogens is 457 g/mol. The van der Waals surface area contributed by atoms with E-state index in [1.807, 2.05) is 12.1 Å². The number of aromatic nitrogens is 2. The Morgan fingerprint density at radius 1 is 1.21 bits per heavy atom. The van der Waals surface area contributed by atoms with Crippen LogP contribution in [-0.4, -0.2) is 48.7 Å². The third-order valence-corrected chi connectivity index (χ3v) is 7.36. The Morgan fingerprint density at radius 2 is 1.97 bits per heavy atom. The number of benzene rings is 1. The fourth-order valence-corrected chi connectivity index (χ4v) is 5.28. The van der Waals surface area contributed by atoms with Gasteiger partial charge in [0, 0.05) is 31.4 Å². The second-order valence-electron chi connectivity index (χ2n) is 9.36. The predicted octanol–water partition coefficient (Wildman–Crippen LogP) is 4.21. The first kappa shape index (κ1) is 24.9. The van der Waals surface area contributed by atoms with Crippen LogP contribution in [0, 0.1) is 11.7 Å². The summed E-state index contributed by atoms with van der Waals surface area (Å²) >= 11 is 6.45. The van der Waals surface area contributed by atoms with Crippen LogP contribution in [0.25, 0.3) is 0 Å². The minimum Gasteiger partial charge on any atom is -0.382 e. The first-order valence-electron chi connectivity index (χ1n) is 12.4. The molecule has 0 radical (unpaired) electrons. The molecule has 34 heavy (non-hydrogen) atoms. The smallest absolute Gasteiger partial charge is 0.287 e. The molecule has 1 aliphatic carbocycles. The Hall–Kier alpha value is -2.16. The summed E-state index contributed by atoms with van der Waals surface area (Å²) in [5.74, 6) is 0.185. The van der Waals surface area contributed by atoms with Gasteiger partial charge in [0.15, 0.2) is 0 Å². The lowest BCUT2D eigenvalue weighted by Gasteiger charge is -2.38. The molecule has 1 aromatic heterocycles. The highest BCUT2D eigenvalue weighted by Crippen LogP contribution is 2.33. The zero-order valence-corrected chi connectivity index (χ0v) is 20.4. The molecule has 2 fully saturated rings. The molecule has 2 aromatic rings. The van der Waals surface area contributed by atoms with Crippen molar-refractivity contribution < 1.29 is 9.13 Å². The van der Waals surface area contributed by atoms with Crippen LogP contribution >= 0.6 is 11.6 Å². The summed E-state index contributed by atoms with van der Waals surface area (Å²) in [6.07, 6.45) is 8.22. The van der Waals surface area contributed by atoms with Crippen LogP contribution in [0.5, 0.6) is 0 Å². The number of ether oxygens (including phenoxy) is 1. The molecule has 0 unspecified atom stereocenters. The monoisotopic (exact) mass is 491 g/mol. The molecule has 9 heteroatoms. The molecule has 3 N–H and O–H groups in total. The number of hydrogen-bond acceptors (Lipinski definition) is 6. The number of nitrogens with two attached hydrogens (primary N) is 1. The van der Waals surface area contributed by atoms with E-state index in [1.165, 1.54) is 12.1 Å². The largest absolute Gasteiger partial charge is 0.382 e. The molecule has 2 heterocycles. The molecule has 1 aromatic carbocycles. The average Bonchev–Trinajstić information content (AvgIpc) is 2.87. The van der Waals surface area contributed by atoms with Crippen molar-refractivity contribution in [2.75, 3.05) is 43.1 Å². The summed E-state index contributed by atoms with van der Waals surface area (Å²) in [6.45, 7) is 3.72. The van der Waals surface area contributed by atoms with Gasteiger partial charge in [-0.15, -0.1) is 0 Å². The maximum atomic E-state index is 13.4. The molecule has 0 amide bonds. The van der Waals surface area contributed by atoms with Gasteiger partial charge in [-0.25, -0.2) is 9.07 Å². The van der Waals surface area contributed by atoms with Crippen LogP contribution < -0.4 is 21.5 Å². The number of nitrogens with zero attached hydrogens (tertiary/aromatic N) is 3. The van der Waals surface area contributed by atoms with Gasteiger partial charge in [-0.3, -0.25) is 4.79 Å². The van der Waals surface area contributed by atoms with Gasteiger partial charge in [0.2, 0.25) is 0 Å². The third-order valence-electron chi connectivity index (χ3n) is 6.99. The number of anilines is 2. The summed E-state index contributed by atoms with van der Waals surface area (Å²) in [7, 11) is 0. The maximum absolute atomic E-state index is 13.4. The van der Waals surface area contributed by atoms with Gasteiger partial charge in [-0.1, -0.05) is 11.6 Å². The van der Waals surface area contributed by atoms with E-state index in [0.717, 1.165) is 76.9 Å². The predicted molar refractivity (Wildman–Crippen MR) is 134 cm³/mol. The van der Waals surface area contributed by atoms with Crippen LogP contribution in [-0.2, 0) is 4.74 Å². The van der Waals surface area contributed by atoms with Gasteiger partial charge in [-0.2, -0.15) is 5.10 Å². The lowest BCUT2D eigenvalue weighted by molar-refractivity contribution is 0.0595. The van der Waals surface area contributed by atoms with E-state index in [2.05, 4.69) is 15.3 Å². The van der Waals surface area contributed by atoms with E-state index < -0.39 is 0 Å². The Kier molecular flexibility index (Phi) is 8.80. The zero-order valence-electron chi connectivity index (χ0n) is 19.6. The van der Waals surface area contributed by atoms with E-state index in [1.54, 1.807) is 10.9 Å². The fourth-order valence-electron chi connectivity index (χ4n) is 5.08. The maximum Gasteiger partial charge on any atom is 0.287 e. The Balaban J connectivity index is 1.39. The Labute approximate surface area is 205 Å².